The second-order valence-electron chi connectivity index (χ2n) is 4.31. The molecule has 0 aromatic heterocycles. The number of rotatable bonds is 2. The summed E-state index contributed by atoms with van der Waals surface area (Å²) in [6, 6.07) is 0. The quantitative estimate of drug-likeness (QED) is 0.511. The molecule has 13 heavy (non-hydrogen) atoms. The van der Waals surface area contributed by atoms with Gasteiger partial charge in [-0.3, -0.25) is 0 Å². The minimum Gasteiger partial charge on any atom is -0.389 e. The van der Waals surface area contributed by atoms with Crippen LogP contribution in [0, 0.1) is 18.3 Å². The molecule has 1 nitrogen and oxygen atoms in total. The average Bonchev–Trinajstić information content (AvgIpc) is 2.28. The zero-order chi connectivity index (χ0) is 9.73. The van der Waals surface area contributed by atoms with E-state index in [9.17, 15) is 5.11 Å². The molecule has 0 amide bonds. The van der Waals surface area contributed by atoms with Gasteiger partial charge in [-0.25, -0.2) is 0 Å². The first kappa shape index (κ1) is 10.6. The van der Waals surface area contributed by atoms with Crippen molar-refractivity contribution in [3.8, 4) is 12.3 Å². The Balaban J connectivity index is 2.48. The summed E-state index contributed by atoms with van der Waals surface area (Å²) in [5, 5.41) is 10.1. The molecular formula is C12H20O. The van der Waals surface area contributed by atoms with E-state index in [-0.39, 0.29) is 0 Å². The summed E-state index contributed by atoms with van der Waals surface area (Å²) in [5.41, 5.74) is -0.543. The zero-order valence-electron chi connectivity index (χ0n) is 8.55. The lowest BCUT2D eigenvalue weighted by Gasteiger charge is -2.23. The Kier molecular flexibility index (Phi) is 3.81. The van der Waals surface area contributed by atoms with E-state index in [4.69, 9.17) is 6.42 Å². The SMILES string of the molecule is C#CCC1(O)CCCC(CC)CC1. The molecule has 0 bridgehead atoms. The third-order valence-electron chi connectivity index (χ3n) is 3.28. The summed E-state index contributed by atoms with van der Waals surface area (Å²) in [7, 11) is 0. The predicted octanol–water partition coefficient (Wildman–Crippen LogP) is 2.73. The van der Waals surface area contributed by atoms with E-state index in [2.05, 4.69) is 12.8 Å². The van der Waals surface area contributed by atoms with Crippen LogP contribution in [0.5, 0.6) is 0 Å². The predicted molar refractivity (Wildman–Crippen MR) is 55.3 cm³/mol. The Hall–Kier alpha value is -0.480. The highest BCUT2D eigenvalue weighted by Crippen LogP contribution is 2.33. The lowest BCUT2D eigenvalue weighted by molar-refractivity contribution is 0.0289. The van der Waals surface area contributed by atoms with Gasteiger partial charge in [-0.2, -0.15) is 0 Å². The van der Waals surface area contributed by atoms with Gasteiger partial charge >= 0.3 is 0 Å². The van der Waals surface area contributed by atoms with Gasteiger partial charge in [-0.1, -0.05) is 26.2 Å². The van der Waals surface area contributed by atoms with Crippen molar-refractivity contribution in [3.63, 3.8) is 0 Å². The molecule has 1 rings (SSSR count). The summed E-state index contributed by atoms with van der Waals surface area (Å²) >= 11 is 0. The van der Waals surface area contributed by atoms with Crippen LogP contribution in [0.1, 0.15) is 51.9 Å². The van der Waals surface area contributed by atoms with Gasteiger partial charge in [-0.15, -0.1) is 12.3 Å². The molecule has 1 fully saturated rings. The van der Waals surface area contributed by atoms with Gasteiger partial charge in [0.15, 0.2) is 0 Å². The van der Waals surface area contributed by atoms with Crippen molar-refractivity contribution in [1.29, 1.82) is 0 Å². The minimum absolute atomic E-state index is 0.531. The van der Waals surface area contributed by atoms with E-state index < -0.39 is 5.60 Å². The van der Waals surface area contributed by atoms with Crippen LogP contribution < -0.4 is 0 Å². The molecule has 2 atom stereocenters. The summed E-state index contributed by atoms with van der Waals surface area (Å²) in [6.45, 7) is 2.23. The van der Waals surface area contributed by atoms with Gasteiger partial charge in [0.1, 0.15) is 0 Å². The average molecular weight is 180 g/mol. The first-order chi connectivity index (χ1) is 6.20. The Bertz CT molecular complexity index is 192. The summed E-state index contributed by atoms with van der Waals surface area (Å²) < 4.78 is 0. The van der Waals surface area contributed by atoms with Crippen LogP contribution in [-0.4, -0.2) is 10.7 Å². The number of aliphatic hydroxyl groups is 1. The fraction of sp³-hybridized carbons (Fsp3) is 0.833. The van der Waals surface area contributed by atoms with Crippen LogP contribution in [0.15, 0.2) is 0 Å². The van der Waals surface area contributed by atoms with Gasteiger partial charge in [0, 0.05) is 6.42 Å². The van der Waals surface area contributed by atoms with Crippen molar-refractivity contribution in [1.82, 2.24) is 0 Å². The van der Waals surface area contributed by atoms with Crippen molar-refractivity contribution < 1.29 is 5.11 Å². The molecule has 1 aliphatic rings. The highest BCUT2D eigenvalue weighted by Gasteiger charge is 2.29. The van der Waals surface area contributed by atoms with Crippen LogP contribution in [-0.2, 0) is 0 Å². The zero-order valence-corrected chi connectivity index (χ0v) is 8.55. The smallest absolute Gasteiger partial charge is 0.0756 e. The molecule has 2 unspecified atom stereocenters. The van der Waals surface area contributed by atoms with Gasteiger partial charge in [0.05, 0.1) is 5.60 Å². The third-order valence-corrected chi connectivity index (χ3v) is 3.28. The fourth-order valence-electron chi connectivity index (χ4n) is 2.24. The number of terminal acetylenes is 1. The molecule has 1 N–H and O–H groups in total. The molecule has 0 radical (unpaired) electrons. The standard InChI is InChI=1S/C12H20O/c1-3-8-12(13)9-5-6-11(4-2)7-10-12/h1,11,13H,4-10H2,2H3. The largest absolute Gasteiger partial charge is 0.389 e. The van der Waals surface area contributed by atoms with Crippen molar-refractivity contribution in [2.75, 3.05) is 0 Å². The summed E-state index contributed by atoms with van der Waals surface area (Å²) in [6.07, 6.45) is 12.4. The molecule has 74 valence electrons. The molecule has 1 heteroatoms. The lowest BCUT2D eigenvalue weighted by Crippen LogP contribution is -2.26. The molecule has 0 heterocycles. The Morgan fingerprint density at radius 2 is 2.23 bits per heavy atom. The van der Waals surface area contributed by atoms with Gasteiger partial charge in [0.25, 0.3) is 0 Å². The van der Waals surface area contributed by atoms with Crippen molar-refractivity contribution >= 4 is 0 Å². The molecule has 0 saturated heterocycles. The molecule has 0 spiro atoms. The maximum Gasteiger partial charge on any atom is 0.0756 e. The first-order valence-electron chi connectivity index (χ1n) is 5.36. The van der Waals surface area contributed by atoms with Crippen LogP contribution in [0.4, 0.5) is 0 Å². The van der Waals surface area contributed by atoms with Crippen molar-refractivity contribution in [2.24, 2.45) is 5.92 Å². The summed E-state index contributed by atoms with van der Waals surface area (Å²) in [4.78, 5) is 0. The highest BCUT2D eigenvalue weighted by molar-refractivity contribution is 4.96. The maximum atomic E-state index is 10.1. The topological polar surface area (TPSA) is 20.2 Å². The van der Waals surface area contributed by atoms with Crippen molar-refractivity contribution in [3.05, 3.63) is 0 Å². The molecule has 0 aromatic carbocycles. The van der Waals surface area contributed by atoms with Crippen LogP contribution in [0.3, 0.4) is 0 Å². The molecule has 1 aliphatic carbocycles. The van der Waals surface area contributed by atoms with Crippen LogP contribution >= 0.6 is 0 Å². The minimum atomic E-state index is -0.543. The molecule has 0 aromatic rings. The van der Waals surface area contributed by atoms with Gasteiger partial charge in [0.2, 0.25) is 0 Å². The fourth-order valence-corrected chi connectivity index (χ4v) is 2.24. The second kappa shape index (κ2) is 4.67. The van der Waals surface area contributed by atoms with E-state index in [0.29, 0.717) is 6.42 Å². The second-order valence-corrected chi connectivity index (χ2v) is 4.31. The normalized spacial score (nSPS) is 35.0. The number of hydrogen-bond acceptors (Lipinski definition) is 1. The molecule has 0 aliphatic heterocycles. The maximum absolute atomic E-state index is 10.1. The Morgan fingerprint density at radius 1 is 1.46 bits per heavy atom. The van der Waals surface area contributed by atoms with Gasteiger partial charge < -0.3 is 5.11 Å². The van der Waals surface area contributed by atoms with E-state index in [0.717, 1.165) is 31.6 Å². The van der Waals surface area contributed by atoms with Gasteiger partial charge in [-0.05, 0) is 25.2 Å². The van der Waals surface area contributed by atoms with E-state index >= 15 is 0 Å². The Morgan fingerprint density at radius 3 is 2.85 bits per heavy atom. The monoisotopic (exact) mass is 180 g/mol. The Labute approximate surface area is 81.5 Å². The van der Waals surface area contributed by atoms with E-state index in [1.807, 2.05) is 0 Å². The number of hydrogen-bond donors (Lipinski definition) is 1. The van der Waals surface area contributed by atoms with E-state index in [1.165, 1.54) is 12.8 Å². The highest BCUT2D eigenvalue weighted by atomic mass is 16.3. The lowest BCUT2D eigenvalue weighted by atomic mass is 9.90. The third kappa shape index (κ3) is 3.04. The molecule has 1 saturated carbocycles. The van der Waals surface area contributed by atoms with Crippen LogP contribution in [0.25, 0.3) is 0 Å². The molecular weight excluding hydrogens is 160 g/mol. The summed E-state index contributed by atoms with van der Waals surface area (Å²) in [5.74, 6) is 3.40. The van der Waals surface area contributed by atoms with E-state index in [1.54, 1.807) is 0 Å². The van der Waals surface area contributed by atoms with Crippen molar-refractivity contribution in [2.45, 2.75) is 57.5 Å². The van der Waals surface area contributed by atoms with Crippen LogP contribution in [0.2, 0.25) is 0 Å². The first-order valence-corrected chi connectivity index (χ1v) is 5.36.